The van der Waals surface area contributed by atoms with Crippen LogP contribution in [0.5, 0.6) is 0 Å². The summed E-state index contributed by atoms with van der Waals surface area (Å²) in [6, 6.07) is 0. The summed E-state index contributed by atoms with van der Waals surface area (Å²) in [4.78, 5) is 14.3. The summed E-state index contributed by atoms with van der Waals surface area (Å²) in [6.07, 6.45) is 6.39. The maximum atomic E-state index is 12.2. The molecule has 1 aliphatic rings. The predicted octanol–water partition coefficient (Wildman–Crippen LogP) is 4.49. The van der Waals surface area contributed by atoms with Crippen LogP contribution in [0.15, 0.2) is 0 Å². The Hall–Kier alpha value is -0.530. The normalized spacial score (nSPS) is 18.7. The van der Waals surface area contributed by atoms with Crippen molar-refractivity contribution >= 4 is 5.91 Å². The van der Waals surface area contributed by atoms with Gasteiger partial charge in [-0.25, -0.2) is 0 Å². The fraction of sp³-hybridized carbons (Fsp3) is 0.941. The average molecular weight is 267 g/mol. The summed E-state index contributed by atoms with van der Waals surface area (Å²) >= 11 is 0. The third-order valence-corrected chi connectivity index (χ3v) is 4.08. The molecule has 2 heteroatoms. The van der Waals surface area contributed by atoms with Gasteiger partial charge in [0.25, 0.3) is 0 Å². The maximum absolute atomic E-state index is 12.2. The highest BCUT2D eigenvalue weighted by Crippen LogP contribution is 2.29. The minimum absolute atomic E-state index is 0.223. The zero-order valence-corrected chi connectivity index (χ0v) is 13.9. The first-order chi connectivity index (χ1) is 8.59. The second-order valence-corrected chi connectivity index (χ2v) is 8.44. The van der Waals surface area contributed by atoms with E-state index in [-0.39, 0.29) is 5.41 Å². The van der Waals surface area contributed by atoms with Crippen molar-refractivity contribution in [3.05, 3.63) is 0 Å². The summed E-state index contributed by atoms with van der Waals surface area (Å²) in [7, 11) is 0. The van der Waals surface area contributed by atoms with Crippen molar-refractivity contribution in [3.8, 4) is 0 Å². The lowest BCUT2D eigenvalue weighted by atomic mass is 9.85. The molecule has 0 atom stereocenters. The minimum Gasteiger partial charge on any atom is -0.342 e. The van der Waals surface area contributed by atoms with Crippen molar-refractivity contribution in [2.45, 2.75) is 73.6 Å². The molecule has 0 N–H and O–H groups in total. The number of carbonyl (C=O) groups excluding carboxylic acids is 1. The molecule has 112 valence electrons. The molecule has 1 amide bonds. The van der Waals surface area contributed by atoms with Crippen LogP contribution in [0, 0.1) is 16.7 Å². The number of likely N-dealkylation sites (tertiary alicyclic amines) is 1. The average Bonchev–Trinajstić information content (AvgIpc) is 2.26. The first kappa shape index (κ1) is 16.5. The van der Waals surface area contributed by atoms with Gasteiger partial charge in [-0.15, -0.1) is 0 Å². The molecule has 0 saturated carbocycles. The zero-order chi connectivity index (χ0) is 14.7. The van der Waals surface area contributed by atoms with E-state index in [2.05, 4.69) is 25.7 Å². The summed E-state index contributed by atoms with van der Waals surface area (Å²) in [5.41, 5.74) is 0.238. The van der Waals surface area contributed by atoms with E-state index in [1.165, 1.54) is 32.1 Å². The van der Waals surface area contributed by atoms with Crippen LogP contribution in [-0.2, 0) is 4.79 Å². The number of piperidine rings is 1. The Kier molecular flexibility index (Phi) is 5.46. The van der Waals surface area contributed by atoms with E-state index < -0.39 is 0 Å². The quantitative estimate of drug-likeness (QED) is 0.738. The maximum Gasteiger partial charge on any atom is 0.227 e. The Morgan fingerprint density at radius 2 is 1.58 bits per heavy atom. The van der Waals surface area contributed by atoms with Crippen LogP contribution in [0.2, 0.25) is 0 Å². The lowest BCUT2D eigenvalue weighted by molar-refractivity contribution is -0.140. The van der Waals surface area contributed by atoms with Gasteiger partial charge in [0.1, 0.15) is 0 Å². The van der Waals surface area contributed by atoms with E-state index in [1.54, 1.807) is 0 Å². The molecule has 0 spiro atoms. The molecule has 0 unspecified atom stereocenters. The van der Waals surface area contributed by atoms with Gasteiger partial charge in [0, 0.05) is 18.5 Å². The Bertz CT molecular complexity index is 287. The second-order valence-electron chi connectivity index (χ2n) is 8.44. The highest BCUT2D eigenvalue weighted by Gasteiger charge is 2.30. The van der Waals surface area contributed by atoms with Crippen molar-refractivity contribution in [1.82, 2.24) is 4.90 Å². The van der Waals surface area contributed by atoms with Crippen molar-refractivity contribution < 1.29 is 4.79 Å². The van der Waals surface area contributed by atoms with E-state index in [0.717, 1.165) is 19.0 Å². The number of rotatable bonds is 3. The van der Waals surface area contributed by atoms with E-state index >= 15 is 0 Å². The topological polar surface area (TPSA) is 20.3 Å². The molecule has 1 saturated heterocycles. The Morgan fingerprint density at radius 1 is 1.05 bits per heavy atom. The van der Waals surface area contributed by atoms with Gasteiger partial charge in [0.2, 0.25) is 5.91 Å². The van der Waals surface area contributed by atoms with E-state index in [0.29, 0.717) is 11.3 Å². The zero-order valence-electron chi connectivity index (χ0n) is 13.9. The first-order valence-electron chi connectivity index (χ1n) is 7.89. The molecule has 1 aliphatic heterocycles. The molecule has 1 rings (SSSR count). The number of nitrogens with zero attached hydrogens (tertiary/aromatic N) is 1. The van der Waals surface area contributed by atoms with Gasteiger partial charge in [0.15, 0.2) is 0 Å². The van der Waals surface area contributed by atoms with Crippen LogP contribution >= 0.6 is 0 Å². The van der Waals surface area contributed by atoms with Crippen LogP contribution < -0.4 is 0 Å². The highest BCUT2D eigenvalue weighted by atomic mass is 16.2. The summed E-state index contributed by atoms with van der Waals surface area (Å²) in [6.45, 7) is 14.9. The lowest BCUT2D eigenvalue weighted by Gasteiger charge is -2.36. The van der Waals surface area contributed by atoms with Crippen LogP contribution in [0.25, 0.3) is 0 Å². The molecule has 1 fully saturated rings. The Labute approximate surface area is 119 Å². The SMILES string of the molecule is CC(C)(C)CCCC1CCN(C(=O)C(C)(C)C)CC1. The van der Waals surface area contributed by atoms with Gasteiger partial charge < -0.3 is 4.90 Å². The number of hydrogen-bond acceptors (Lipinski definition) is 1. The molecule has 2 nitrogen and oxygen atoms in total. The lowest BCUT2D eigenvalue weighted by Crippen LogP contribution is -2.44. The van der Waals surface area contributed by atoms with Gasteiger partial charge in [-0.3, -0.25) is 4.79 Å². The Morgan fingerprint density at radius 3 is 2.00 bits per heavy atom. The van der Waals surface area contributed by atoms with Crippen molar-refractivity contribution in [2.75, 3.05) is 13.1 Å². The number of carbonyl (C=O) groups is 1. The monoisotopic (exact) mass is 267 g/mol. The Balaban J connectivity index is 2.28. The van der Waals surface area contributed by atoms with Crippen LogP contribution in [0.1, 0.15) is 73.6 Å². The fourth-order valence-electron chi connectivity index (χ4n) is 2.82. The number of hydrogen-bond donors (Lipinski definition) is 0. The molecule has 19 heavy (non-hydrogen) atoms. The first-order valence-corrected chi connectivity index (χ1v) is 7.89. The van der Waals surface area contributed by atoms with Gasteiger partial charge in [-0.05, 0) is 30.6 Å². The van der Waals surface area contributed by atoms with Gasteiger partial charge in [0.05, 0.1) is 0 Å². The second kappa shape index (κ2) is 6.28. The molecule has 0 radical (unpaired) electrons. The summed E-state index contributed by atoms with van der Waals surface area (Å²) in [5.74, 6) is 1.16. The molecular weight excluding hydrogens is 234 g/mol. The fourth-order valence-corrected chi connectivity index (χ4v) is 2.82. The standard InChI is InChI=1S/C17H33NO/c1-16(2,3)11-7-8-14-9-12-18(13-10-14)15(19)17(4,5)6/h14H,7-13H2,1-6H3. The third kappa shape index (κ3) is 5.97. The predicted molar refractivity (Wildman–Crippen MR) is 82.1 cm³/mol. The van der Waals surface area contributed by atoms with E-state index in [1.807, 2.05) is 20.8 Å². The molecule has 0 aliphatic carbocycles. The van der Waals surface area contributed by atoms with E-state index in [4.69, 9.17) is 0 Å². The highest BCUT2D eigenvalue weighted by molar-refractivity contribution is 5.81. The van der Waals surface area contributed by atoms with Crippen LogP contribution in [0.4, 0.5) is 0 Å². The summed E-state index contributed by atoms with van der Waals surface area (Å²) in [5, 5.41) is 0. The smallest absolute Gasteiger partial charge is 0.227 e. The third-order valence-electron chi connectivity index (χ3n) is 4.08. The molecule has 0 aromatic carbocycles. The molecule has 0 bridgehead atoms. The molecule has 0 aromatic heterocycles. The summed E-state index contributed by atoms with van der Waals surface area (Å²) < 4.78 is 0. The largest absolute Gasteiger partial charge is 0.342 e. The van der Waals surface area contributed by atoms with E-state index in [9.17, 15) is 4.79 Å². The molecule has 0 aromatic rings. The number of amides is 1. The van der Waals surface area contributed by atoms with Crippen molar-refractivity contribution in [1.29, 1.82) is 0 Å². The van der Waals surface area contributed by atoms with Gasteiger partial charge in [-0.1, -0.05) is 54.4 Å². The van der Waals surface area contributed by atoms with Crippen LogP contribution in [0.3, 0.4) is 0 Å². The van der Waals surface area contributed by atoms with Crippen molar-refractivity contribution in [3.63, 3.8) is 0 Å². The molecular formula is C17H33NO. The van der Waals surface area contributed by atoms with Crippen LogP contribution in [-0.4, -0.2) is 23.9 Å². The van der Waals surface area contributed by atoms with Gasteiger partial charge >= 0.3 is 0 Å². The van der Waals surface area contributed by atoms with Gasteiger partial charge in [-0.2, -0.15) is 0 Å². The molecule has 1 heterocycles. The van der Waals surface area contributed by atoms with Crippen molar-refractivity contribution in [2.24, 2.45) is 16.7 Å². The minimum atomic E-state index is -0.223.